The lowest BCUT2D eigenvalue weighted by Gasteiger charge is -1.99. The highest BCUT2D eigenvalue weighted by Crippen LogP contribution is 2.13. The van der Waals surface area contributed by atoms with E-state index >= 15 is 0 Å². The van der Waals surface area contributed by atoms with Crippen LogP contribution in [0, 0.1) is 0 Å². The molecule has 2 N–H and O–H groups in total. The number of carbonyl (C=O) groups is 1. The molecule has 1 aromatic rings. The van der Waals surface area contributed by atoms with Crippen molar-refractivity contribution in [2.75, 3.05) is 5.73 Å². The minimum Gasteiger partial charge on any atom is -0.397 e. The van der Waals surface area contributed by atoms with Gasteiger partial charge in [-0.2, -0.15) is 0 Å². The van der Waals surface area contributed by atoms with Crippen LogP contribution in [-0.4, -0.2) is 10.8 Å². The Hall–Kier alpha value is -0.900. The molecule has 0 atom stereocenters. The molecule has 0 amide bonds. The average Bonchev–Trinajstić information content (AvgIpc) is 1.94. The fourth-order valence-electron chi connectivity index (χ4n) is 0.728. The molecular weight excluding hydrogens is 208 g/mol. The number of hydrogen-bond acceptors (Lipinski definition) is 3. The van der Waals surface area contributed by atoms with Crippen LogP contribution in [0.1, 0.15) is 17.4 Å². The van der Waals surface area contributed by atoms with Gasteiger partial charge in [0.05, 0.1) is 5.69 Å². The van der Waals surface area contributed by atoms with Crippen molar-refractivity contribution < 1.29 is 4.79 Å². The molecule has 0 aromatic carbocycles. The molecule has 0 saturated heterocycles. The van der Waals surface area contributed by atoms with Crippen LogP contribution in [0.2, 0.25) is 0 Å². The Bertz CT molecular complexity index is 298. The van der Waals surface area contributed by atoms with E-state index in [2.05, 4.69) is 20.9 Å². The second-order valence-corrected chi connectivity index (χ2v) is 2.94. The van der Waals surface area contributed by atoms with Crippen LogP contribution < -0.4 is 5.73 Å². The lowest BCUT2D eigenvalue weighted by Crippen LogP contribution is -2.02. The van der Waals surface area contributed by atoms with Crippen LogP contribution in [0.25, 0.3) is 0 Å². The summed E-state index contributed by atoms with van der Waals surface area (Å²) in [5, 5.41) is 0. The number of carbonyl (C=O) groups excluding carboxylic acids is 1. The third kappa shape index (κ3) is 1.77. The normalized spacial score (nSPS) is 9.64. The number of ketones is 1. The summed E-state index contributed by atoms with van der Waals surface area (Å²) < 4.78 is 0.622. The molecule has 4 heteroatoms. The summed E-state index contributed by atoms with van der Waals surface area (Å²) in [5.41, 5.74) is 6.22. The highest BCUT2D eigenvalue weighted by atomic mass is 79.9. The van der Waals surface area contributed by atoms with Gasteiger partial charge in [0.25, 0.3) is 0 Å². The molecule has 0 unspecified atom stereocenters. The van der Waals surface area contributed by atoms with Gasteiger partial charge in [-0.05, 0) is 28.1 Å². The largest absolute Gasteiger partial charge is 0.397 e. The molecule has 0 aliphatic heterocycles. The summed E-state index contributed by atoms with van der Waals surface area (Å²) >= 11 is 3.15. The van der Waals surface area contributed by atoms with E-state index in [9.17, 15) is 4.79 Å². The Morgan fingerprint density at radius 2 is 2.27 bits per heavy atom. The molecule has 0 bridgehead atoms. The zero-order chi connectivity index (χ0) is 8.43. The highest BCUT2D eigenvalue weighted by Gasteiger charge is 2.05. The molecule has 11 heavy (non-hydrogen) atoms. The smallest absolute Gasteiger partial charge is 0.180 e. The van der Waals surface area contributed by atoms with E-state index in [1.54, 1.807) is 12.1 Å². The van der Waals surface area contributed by atoms with Gasteiger partial charge in [-0.1, -0.05) is 0 Å². The monoisotopic (exact) mass is 214 g/mol. The molecule has 0 fully saturated rings. The number of Topliss-reactive ketones (excluding diaryl/α,β-unsaturated/α-hetero) is 1. The van der Waals surface area contributed by atoms with Crippen molar-refractivity contribution in [1.82, 2.24) is 4.98 Å². The van der Waals surface area contributed by atoms with Gasteiger partial charge in [-0.15, -0.1) is 0 Å². The van der Waals surface area contributed by atoms with Crippen LogP contribution in [0.4, 0.5) is 5.69 Å². The van der Waals surface area contributed by atoms with Crippen LogP contribution in [-0.2, 0) is 0 Å². The molecule has 1 heterocycles. The minimum absolute atomic E-state index is 0.121. The van der Waals surface area contributed by atoms with Crippen LogP contribution in [0.15, 0.2) is 16.7 Å². The maximum absolute atomic E-state index is 10.9. The van der Waals surface area contributed by atoms with Crippen molar-refractivity contribution in [2.24, 2.45) is 0 Å². The van der Waals surface area contributed by atoms with Gasteiger partial charge >= 0.3 is 0 Å². The maximum Gasteiger partial charge on any atom is 0.180 e. The molecule has 0 aliphatic rings. The number of anilines is 1. The molecule has 58 valence electrons. The van der Waals surface area contributed by atoms with Crippen LogP contribution >= 0.6 is 15.9 Å². The Balaban J connectivity index is 3.23. The number of nitrogen functional groups attached to an aromatic ring is 1. The molecule has 3 nitrogen and oxygen atoms in total. The summed E-state index contributed by atoms with van der Waals surface area (Å²) in [4.78, 5) is 14.8. The molecule has 1 aromatic heterocycles. The van der Waals surface area contributed by atoms with Crippen molar-refractivity contribution in [3.63, 3.8) is 0 Å². The van der Waals surface area contributed by atoms with E-state index in [1.165, 1.54) is 6.92 Å². The zero-order valence-corrected chi connectivity index (χ0v) is 7.55. The van der Waals surface area contributed by atoms with Gasteiger partial charge < -0.3 is 5.73 Å². The van der Waals surface area contributed by atoms with E-state index in [-0.39, 0.29) is 5.78 Å². The lowest BCUT2D eigenvalue weighted by molar-refractivity contribution is 0.101. The van der Waals surface area contributed by atoms with Gasteiger partial charge in [0.15, 0.2) is 5.78 Å². The topological polar surface area (TPSA) is 56.0 Å². The fraction of sp³-hybridized carbons (Fsp3) is 0.143. The first-order valence-electron chi connectivity index (χ1n) is 3.04. The predicted molar refractivity (Wildman–Crippen MR) is 46.4 cm³/mol. The number of pyridine rings is 1. The number of nitrogens with two attached hydrogens (primary N) is 1. The molecular formula is C7H7BrN2O. The van der Waals surface area contributed by atoms with E-state index in [0.717, 1.165) is 0 Å². The Morgan fingerprint density at radius 1 is 1.64 bits per heavy atom. The van der Waals surface area contributed by atoms with E-state index < -0.39 is 0 Å². The molecule has 0 spiro atoms. The highest BCUT2D eigenvalue weighted by molar-refractivity contribution is 9.10. The lowest BCUT2D eigenvalue weighted by atomic mass is 10.2. The van der Waals surface area contributed by atoms with Crippen molar-refractivity contribution in [1.29, 1.82) is 0 Å². The molecule has 1 rings (SSSR count). The SMILES string of the molecule is CC(=O)c1nc(Br)ccc1N. The predicted octanol–water partition coefficient (Wildman–Crippen LogP) is 1.63. The van der Waals surface area contributed by atoms with Gasteiger partial charge in [0.2, 0.25) is 0 Å². The Morgan fingerprint density at radius 3 is 2.73 bits per heavy atom. The van der Waals surface area contributed by atoms with Gasteiger partial charge in [0.1, 0.15) is 10.3 Å². The van der Waals surface area contributed by atoms with Gasteiger partial charge in [0, 0.05) is 6.92 Å². The first kappa shape index (κ1) is 8.20. The summed E-state index contributed by atoms with van der Waals surface area (Å²) in [6.07, 6.45) is 0. The van der Waals surface area contributed by atoms with Crippen molar-refractivity contribution in [3.8, 4) is 0 Å². The number of nitrogens with zero attached hydrogens (tertiary/aromatic N) is 1. The van der Waals surface area contributed by atoms with E-state index in [0.29, 0.717) is 16.0 Å². The molecule has 0 saturated carbocycles. The third-order valence-electron chi connectivity index (χ3n) is 1.23. The molecule has 0 radical (unpaired) electrons. The third-order valence-corrected chi connectivity index (χ3v) is 1.67. The van der Waals surface area contributed by atoms with E-state index in [1.807, 2.05) is 0 Å². The van der Waals surface area contributed by atoms with Gasteiger partial charge in [-0.3, -0.25) is 4.79 Å². The summed E-state index contributed by atoms with van der Waals surface area (Å²) in [5.74, 6) is -0.121. The van der Waals surface area contributed by atoms with E-state index in [4.69, 9.17) is 5.73 Å². The number of rotatable bonds is 1. The first-order valence-corrected chi connectivity index (χ1v) is 3.83. The van der Waals surface area contributed by atoms with Gasteiger partial charge in [-0.25, -0.2) is 4.98 Å². The maximum atomic E-state index is 10.9. The summed E-state index contributed by atoms with van der Waals surface area (Å²) in [6, 6.07) is 3.34. The Labute approximate surface area is 72.7 Å². The summed E-state index contributed by atoms with van der Waals surface area (Å²) in [6.45, 7) is 1.44. The second kappa shape index (κ2) is 3.00. The van der Waals surface area contributed by atoms with Crippen LogP contribution in [0.3, 0.4) is 0 Å². The zero-order valence-electron chi connectivity index (χ0n) is 5.97. The number of aromatic nitrogens is 1. The van der Waals surface area contributed by atoms with Crippen molar-refractivity contribution >= 4 is 27.4 Å². The standard InChI is InChI=1S/C7H7BrN2O/c1-4(11)7-5(9)2-3-6(8)10-7/h2-3H,9H2,1H3. The van der Waals surface area contributed by atoms with Crippen LogP contribution in [0.5, 0.6) is 0 Å². The average molecular weight is 215 g/mol. The molecule has 0 aliphatic carbocycles. The number of halogens is 1. The fourth-order valence-corrected chi connectivity index (χ4v) is 1.04. The van der Waals surface area contributed by atoms with Crippen molar-refractivity contribution in [2.45, 2.75) is 6.92 Å². The second-order valence-electron chi connectivity index (χ2n) is 2.13. The minimum atomic E-state index is -0.121. The van der Waals surface area contributed by atoms with Crippen molar-refractivity contribution in [3.05, 3.63) is 22.4 Å². The summed E-state index contributed by atoms with van der Waals surface area (Å²) in [7, 11) is 0. The quantitative estimate of drug-likeness (QED) is 0.572. The number of hydrogen-bond donors (Lipinski definition) is 1. The first-order chi connectivity index (χ1) is 5.11. The Kier molecular flexibility index (Phi) is 2.24.